The molecule has 156 valence electrons. The van der Waals surface area contributed by atoms with Crippen LogP contribution in [0.5, 0.6) is 5.75 Å². The molecule has 0 aliphatic carbocycles. The first-order valence-corrected chi connectivity index (χ1v) is 10.5. The molecule has 0 aliphatic heterocycles. The number of rotatable bonds is 9. The number of carbonyl (C=O) groups excluding carboxylic acids is 1. The predicted octanol–water partition coefficient (Wildman–Crippen LogP) is 3.30. The van der Waals surface area contributed by atoms with Crippen molar-refractivity contribution in [3.8, 4) is 16.9 Å². The number of carbonyl (C=O) groups is 1. The smallest absolute Gasteiger partial charge is 0.224 e. The first-order valence-electron chi connectivity index (χ1n) is 10.5. The molecular formula is C26H31N2O2+. The van der Waals surface area contributed by atoms with Crippen LogP contribution >= 0.6 is 0 Å². The number of hydrogen-bond donors (Lipinski definition) is 2. The Hall–Kier alpha value is -3.11. The molecule has 3 aromatic carbocycles. The summed E-state index contributed by atoms with van der Waals surface area (Å²) in [7, 11) is 4.21. The Balaban J connectivity index is 1.56. The topological polar surface area (TPSA) is 42.8 Å². The summed E-state index contributed by atoms with van der Waals surface area (Å²) in [5.74, 6) is 0.913. The van der Waals surface area contributed by atoms with Crippen molar-refractivity contribution < 1.29 is 14.4 Å². The second kappa shape index (κ2) is 10.6. The second-order valence-corrected chi connectivity index (χ2v) is 7.68. The molecule has 0 heterocycles. The molecule has 0 fully saturated rings. The van der Waals surface area contributed by atoms with Crippen LogP contribution in [0.15, 0.2) is 78.9 Å². The van der Waals surface area contributed by atoms with Gasteiger partial charge in [0.05, 0.1) is 33.7 Å². The van der Waals surface area contributed by atoms with Crippen molar-refractivity contribution in [3.05, 3.63) is 90.0 Å². The van der Waals surface area contributed by atoms with Crippen molar-refractivity contribution in [2.75, 3.05) is 27.2 Å². The Morgan fingerprint density at radius 2 is 1.53 bits per heavy atom. The number of quaternary nitrogens is 1. The Bertz CT molecular complexity index is 920. The molecule has 0 saturated heterocycles. The largest absolute Gasteiger partial charge is 0.494 e. The van der Waals surface area contributed by atoms with Crippen LogP contribution in [0.3, 0.4) is 0 Å². The van der Waals surface area contributed by atoms with Gasteiger partial charge < -0.3 is 15.0 Å². The minimum atomic E-state index is 0.0413. The summed E-state index contributed by atoms with van der Waals surface area (Å²) in [6.45, 7) is 3.23. The SMILES string of the molecule is CCOc1ccc([C@H](CNC(=O)Cc2ccc(-c3ccccc3)cc2)[NH+](C)C)cc1. The van der Waals surface area contributed by atoms with E-state index in [1.165, 1.54) is 16.0 Å². The highest BCUT2D eigenvalue weighted by atomic mass is 16.5. The van der Waals surface area contributed by atoms with E-state index in [4.69, 9.17) is 4.74 Å². The zero-order chi connectivity index (χ0) is 21.3. The Morgan fingerprint density at radius 3 is 2.13 bits per heavy atom. The van der Waals surface area contributed by atoms with Gasteiger partial charge in [0.1, 0.15) is 11.8 Å². The van der Waals surface area contributed by atoms with E-state index in [2.05, 4.69) is 55.8 Å². The molecule has 0 unspecified atom stereocenters. The predicted molar refractivity (Wildman–Crippen MR) is 122 cm³/mol. The number of amides is 1. The van der Waals surface area contributed by atoms with Crippen molar-refractivity contribution in [1.82, 2.24) is 5.32 Å². The molecular weight excluding hydrogens is 372 g/mol. The van der Waals surface area contributed by atoms with Gasteiger partial charge in [0, 0.05) is 5.56 Å². The molecule has 0 aliphatic rings. The van der Waals surface area contributed by atoms with Gasteiger partial charge in [0.2, 0.25) is 5.91 Å². The van der Waals surface area contributed by atoms with E-state index < -0.39 is 0 Å². The molecule has 30 heavy (non-hydrogen) atoms. The molecule has 4 heteroatoms. The highest BCUT2D eigenvalue weighted by Gasteiger charge is 2.19. The van der Waals surface area contributed by atoms with Gasteiger partial charge in [0.15, 0.2) is 0 Å². The van der Waals surface area contributed by atoms with Crippen LogP contribution in [0.1, 0.15) is 24.1 Å². The third-order valence-electron chi connectivity index (χ3n) is 5.22. The summed E-state index contributed by atoms with van der Waals surface area (Å²) >= 11 is 0. The summed E-state index contributed by atoms with van der Waals surface area (Å²) in [6.07, 6.45) is 0.383. The van der Waals surface area contributed by atoms with Crippen molar-refractivity contribution >= 4 is 5.91 Å². The summed E-state index contributed by atoms with van der Waals surface area (Å²) < 4.78 is 5.53. The molecule has 0 bridgehead atoms. The van der Waals surface area contributed by atoms with Gasteiger partial charge in [-0.2, -0.15) is 0 Å². The van der Waals surface area contributed by atoms with E-state index >= 15 is 0 Å². The summed E-state index contributed by atoms with van der Waals surface area (Å²) in [5.41, 5.74) is 4.54. The lowest BCUT2D eigenvalue weighted by Gasteiger charge is -2.22. The summed E-state index contributed by atoms with van der Waals surface area (Å²) in [4.78, 5) is 13.8. The van der Waals surface area contributed by atoms with Crippen LogP contribution in [0.2, 0.25) is 0 Å². The average Bonchev–Trinajstić information content (AvgIpc) is 2.76. The molecule has 3 rings (SSSR count). The average molecular weight is 404 g/mol. The highest BCUT2D eigenvalue weighted by molar-refractivity contribution is 5.79. The monoisotopic (exact) mass is 403 g/mol. The van der Waals surface area contributed by atoms with Crippen molar-refractivity contribution in [1.29, 1.82) is 0 Å². The lowest BCUT2D eigenvalue weighted by Crippen LogP contribution is -3.07. The van der Waals surface area contributed by atoms with Crippen LogP contribution in [0.25, 0.3) is 11.1 Å². The first kappa shape index (κ1) is 21.6. The number of likely N-dealkylation sites (N-methyl/N-ethyl adjacent to an activating group) is 1. The highest BCUT2D eigenvalue weighted by Crippen LogP contribution is 2.19. The minimum absolute atomic E-state index is 0.0413. The van der Waals surface area contributed by atoms with Gasteiger partial charge >= 0.3 is 0 Å². The Labute approximate surface area is 179 Å². The summed E-state index contributed by atoms with van der Waals surface area (Å²) in [6, 6.07) is 26.8. The normalized spacial score (nSPS) is 11.9. The molecule has 2 N–H and O–H groups in total. The van der Waals surface area contributed by atoms with Crippen LogP contribution in [0, 0.1) is 0 Å². The van der Waals surface area contributed by atoms with Crippen LogP contribution < -0.4 is 15.0 Å². The molecule has 1 amide bonds. The quantitative estimate of drug-likeness (QED) is 0.576. The maximum Gasteiger partial charge on any atom is 0.224 e. The fourth-order valence-corrected chi connectivity index (χ4v) is 3.53. The van der Waals surface area contributed by atoms with E-state index in [9.17, 15) is 4.79 Å². The van der Waals surface area contributed by atoms with Crippen LogP contribution in [-0.4, -0.2) is 33.2 Å². The number of hydrogen-bond acceptors (Lipinski definition) is 2. The third-order valence-corrected chi connectivity index (χ3v) is 5.22. The molecule has 3 aromatic rings. The van der Waals surface area contributed by atoms with Gasteiger partial charge in [-0.1, -0.05) is 54.6 Å². The third kappa shape index (κ3) is 5.94. The maximum atomic E-state index is 12.5. The molecule has 0 radical (unpaired) electrons. The maximum absolute atomic E-state index is 12.5. The van der Waals surface area contributed by atoms with E-state index in [-0.39, 0.29) is 11.9 Å². The van der Waals surface area contributed by atoms with E-state index in [1.54, 1.807) is 0 Å². The van der Waals surface area contributed by atoms with E-state index in [0.29, 0.717) is 19.6 Å². The van der Waals surface area contributed by atoms with Gasteiger partial charge in [-0.3, -0.25) is 4.79 Å². The summed E-state index contributed by atoms with van der Waals surface area (Å²) in [5, 5.41) is 3.11. The lowest BCUT2D eigenvalue weighted by molar-refractivity contribution is -0.890. The Kier molecular flexibility index (Phi) is 7.63. The number of ether oxygens (including phenoxy) is 1. The lowest BCUT2D eigenvalue weighted by atomic mass is 10.0. The van der Waals surface area contributed by atoms with Gasteiger partial charge in [-0.15, -0.1) is 0 Å². The van der Waals surface area contributed by atoms with E-state index in [1.807, 2.05) is 49.4 Å². The van der Waals surface area contributed by atoms with Gasteiger partial charge in [-0.25, -0.2) is 0 Å². The van der Waals surface area contributed by atoms with E-state index in [0.717, 1.165) is 16.9 Å². The second-order valence-electron chi connectivity index (χ2n) is 7.68. The minimum Gasteiger partial charge on any atom is -0.494 e. The Morgan fingerprint density at radius 1 is 0.900 bits per heavy atom. The fourth-order valence-electron chi connectivity index (χ4n) is 3.53. The number of benzene rings is 3. The van der Waals surface area contributed by atoms with Crippen LogP contribution in [0.4, 0.5) is 0 Å². The molecule has 0 aromatic heterocycles. The molecule has 0 saturated carbocycles. The number of nitrogens with one attached hydrogen (secondary N) is 2. The van der Waals surface area contributed by atoms with Crippen molar-refractivity contribution in [3.63, 3.8) is 0 Å². The first-order chi connectivity index (χ1) is 14.6. The molecule has 4 nitrogen and oxygen atoms in total. The van der Waals surface area contributed by atoms with Crippen LogP contribution in [-0.2, 0) is 11.2 Å². The zero-order valence-corrected chi connectivity index (χ0v) is 18.0. The zero-order valence-electron chi connectivity index (χ0n) is 18.0. The van der Waals surface area contributed by atoms with Gasteiger partial charge in [-0.05, 0) is 47.9 Å². The van der Waals surface area contributed by atoms with Crippen molar-refractivity contribution in [2.24, 2.45) is 0 Å². The van der Waals surface area contributed by atoms with Gasteiger partial charge in [0.25, 0.3) is 0 Å². The van der Waals surface area contributed by atoms with Crippen molar-refractivity contribution in [2.45, 2.75) is 19.4 Å². The molecule has 1 atom stereocenters. The molecule has 0 spiro atoms. The standard InChI is InChI=1S/C26H30N2O2/c1-4-30-24-16-14-23(15-17-24)25(28(2)3)19-27-26(29)18-20-10-12-22(13-11-20)21-8-6-5-7-9-21/h5-17,25H,4,18-19H2,1-3H3,(H,27,29)/p+1/t25-/m0/s1. The fraction of sp³-hybridized carbons (Fsp3) is 0.269.